The Morgan fingerprint density at radius 2 is 1.83 bits per heavy atom. The van der Waals surface area contributed by atoms with E-state index in [4.69, 9.17) is 0 Å². The Bertz CT molecular complexity index is 355. The molecule has 0 heterocycles. The van der Waals surface area contributed by atoms with E-state index in [1.807, 2.05) is 0 Å². The highest BCUT2D eigenvalue weighted by molar-refractivity contribution is 9.10. The molecule has 0 saturated heterocycles. The minimum absolute atomic E-state index is 0.346. The summed E-state index contributed by atoms with van der Waals surface area (Å²) in [5.41, 5.74) is 1.69. The lowest BCUT2D eigenvalue weighted by Gasteiger charge is -2.34. The van der Waals surface area contributed by atoms with Crippen molar-refractivity contribution in [3.8, 4) is 0 Å². The second-order valence-electron chi connectivity index (χ2n) is 5.13. The third-order valence-corrected chi connectivity index (χ3v) is 5.28. The van der Waals surface area contributed by atoms with E-state index in [2.05, 4.69) is 78.6 Å². The molecular weight excluding hydrogens is 306 g/mol. The fourth-order valence-electron chi connectivity index (χ4n) is 2.29. The maximum Gasteiger partial charge on any atom is 0.0242 e. The molecule has 0 fully saturated rings. The van der Waals surface area contributed by atoms with Gasteiger partial charge in [-0.3, -0.25) is 0 Å². The molecule has 0 unspecified atom stereocenters. The van der Waals surface area contributed by atoms with Gasteiger partial charge in [-0.2, -0.15) is 12.6 Å². The summed E-state index contributed by atoms with van der Waals surface area (Å²) >= 11 is 8.16. The first-order valence-electron chi connectivity index (χ1n) is 6.59. The number of benzene rings is 1. The van der Waals surface area contributed by atoms with E-state index in [1.165, 1.54) is 22.9 Å². The fraction of sp³-hybridized carbons (Fsp3) is 0.600. The van der Waals surface area contributed by atoms with E-state index in [0.29, 0.717) is 5.41 Å². The van der Waals surface area contributed by atoms with Gasteiger partial charge in [-0.1, -0.05) is 48.0 Å². The molecule has 3 heteroatoms. The van der Waals surface area contributed by atoms with Crippen LogP contribution in [-0.4, -0.2) is 24.2 Å². The molecule has 18 heavy (non-hydrogen) atoms. The first kappa shape index (κ1) is 16.1. The molecule has 1 rings (SSSR count). The first-order valence-corrected chi connectivity index (χ1v) is 8.02. The van der Waals surface area contributed by atoms with Gasteiger partial charge < -0.3 is 4.90 Å². The molecular formula is C15H24BrNS. The SMILES string of the molecule is CCC(CC)(CS)CN(C)Cc1ccccc1Br. The van der Waals surface area contributed by atoms with Crippen molar-refractivity contribution in [2.75, 3.05) is 19.3 Å². The summed E-state index contributed by atoms with van der Waals surface area (Å²) in [6, 6.07) is 8.44. The first-order chi connectivity index (χ1) is 8.56. The van der Waals surface area contributed by atoms with E-state index in [9.17, 15) is 0 Å². The van der Waals surface area contributed by atoms with Crippen molar-refractivity contribution >= 4 is 28.6 Å². The Balaban J connectivity index is 2.66. The van der Waals surface area contributed by atoms with Gasteiger partial charge >= 0.3 is 0 Å². The molecule has 1 nitrogen and oxygen atoms in total. The monoisotopic (exact) mass is 329 g/mol. The largest absolute Gasteiger partial charge is 0.301 e. The molecule has 0 aliphatic carbocycles. The summed E-state index contributed by atoms with van der Waals surface area (Å²) in [6.07, 6.45) is 2.38. The maximum absolute atomic E-state index is 4.55. The number of halogens is 1. The van der Waals surface area contributed by atoms with Gasteiger partial charge in [-0.05, 0) is 42.7 Å². The van der Waals surface area contributed by atoms with Crippen molar-refractivity contribution in [3.05, 3.63) is 34.3 Å². The normalized spacial score (nSPS) is 12.1. The Hall–Kier alpha value is 0.01000. The zero-order chi connectivity index (χ0) is 13.6. The Labute approximate surface area is 125 Å². The third kappa shape index (κ3) is 4.29. The molecule has 0 aliphatic rings. The molecule has 1 aromatic rings. The zero-order valence-electron chi connectivity index (χ0n) is 11.6. The van der Waals surface area contributed by atoms with Crippen LogP contribution in [0.15, 0.2) is 28.7 Å². The van der Waals surface area contributed by atoms with Crippen LogP contribution in [0.2, 0.25) is 0 Å². The van der Waals surface area contributed by atoms with Crippen LogP contribution >= 0.6 is 28.6 Å². The predicted octanol–water partition coefficient (Wildman–Crippen LogP) is 4.62. The minimum atomic E-state index is 0.346. The van der Waals surface area contributed by atoms with Crippen molar-refractivity contribution in [2.45, 2.75) is 33.2 Å². The summed E-state index contributed by atoms with van der Waals surface area (Å²) in [7, 11) is 2.20. The highest BCUT2D eigenvalue weighted by Gasteiger charge is 2.26. The summed E-state index contributed by atoms with van der Waals surface area (Å²) in [6.45, 7) is 6.62. The lowest BCUT2D eigenvalue weighted by molar-refractivity contribution is 0.179. The van der Waals surface area contributed by atoms with E-state index < -0.39 is 0 Å². The Morgan fingerprint density at radius 1 is 1.22 bits per heavy atom. The number of rotatable bonds is 7. The third-order valence-electron chi connectivity index (χ3n) is 3.84. The van der Waals surface area contributed by atoms with Crippen LogP contribution in [0.1, 0.15) is 32.3 Å². The number of hydrogen-bond donors (Lipinski definition) is 1. The van der Waals surface area contributed by atoms with Crippen LogP contribution in [0.3, 0.4) is 0 Å². The van der Waals surface area contributed by atoms with Crippen LogP contribution < -0.4 is 0 Å². The van der Waals surface area contributed by atoms with Crippen molar-refractivity contribution in [1.29, 1.82) is 0 Å². The van der Waals surface area contributed by atoms with Gasteiger partial charge in [0.2, 0.25) is 0 Å². The Morgan fingerprint density at radius 3 is 2.33 bits per heavy atom. The average molecular weight is 330 g/mol. The van der Waals surface area contributed by atoms with E-state index in [-0.39, 0.29) is 0 Å². The topological polar surface area (TPSA) is 3.24 Å². The standard InChI is InChI=1S/C15H24BrNS/c1-4-15(5-2,12-18)11-17(3)10-13-8-6-7-9-14(13)16/h6-9,18H,4-5,10-12H2,1-3H3. The molecule has 0 aliphatic heterocycles. The van der Waals surface area contributed by atoms with Gasteiger partial charge in [-0.15, -0.1) is 0 Å². The molecule has 0 amide bonds. The molecule has 0 atom stereocenters. The Kier molecular flexibility index (Phi) is 6.75. The van der Waals surface area contributed by atoms with Crippen LogP contribution in [0.25, 0.3) is 0 Å². The summed E-state index contributed by atoms with van der Waals surface area (Å²) in [4.78, 5) is 2.41. The van der Waals surface area contributed by atoms with Gasteiger partial charge in [0, 0.05) is 17.6 Å². The number of thiol groups is 1. The van der Waals surface area contributed by atoms with Crippen molar-refractivity contribution in [3.63, 3.8) is 0 Å². The molecule has 0 N–H and O–H groups in total. The highest BCUT2D eigenvalue weighted by Crippen LogP contribution is 2.29. The van der Waals surface area contributed by atoms with Gasteiger partial charge in [0.1, 0.15) is 0 Å². The van der Waals surface area contributed by atoms with Crippen molar-refractivity contribution < 1.29 is 0 Å². The lowest BCUT2D eigenvalue weighted by Crippen LogP contribution is -2.36. The summed E-state index contributed by atoms with van der Waals surface area (Å²) in [5, 5.41) is 0. The second kappa shape index (κ2) is 7.56. The van der Waals surface area contributed by atoms with Gasteiger partial charge in [-0.25, -0.2) is 0 Å². The van der Waals surface area contributed by atoms with E-state index >= 15 is 0 Å². The van der Waals surface area contributed by atoms with Crippen molar-refractivity contribution in [1.82, 2.24) is 4.90 Å². The number of nitrogens with zero attached hydrogens (tertiary/aromatic N) is 1. The predicted molar refractivity (Wildman–Crippen MR) is 87.3 cm³/mol. The van der Waals surface area contributed by atoms with Gasteiger partial charge in [0.25, 0.3) is 0 Å². The maximum atomic E-state index is 4.55. The smallest absolute Gasteiger partial charge is 0.0242 e. The van der Waals surface area contributed by atoms with Crippen molar-refractivity contribution in [2.24, 2.45) is 5.41 Å². The van der Waals surface area contributed by atoms with Crippen LogP contribution in [0, 0.1) is 5.41 Å². The fourth-order valence-corrected chi connectivity index (χ4v) is 3.25. The molecule has 0 radical (unpaired) electrons. The quantitative estimate of drug-likeness (QED) is 0.714. The number of hydrogen-bond acceptors (Lipinski definition) is 2. The van der Waals surface area contributed by atoms with Crippen LogP contribution in [0.5, 0.6) is 0 Å². The van der Waals surface area contributed by atoms with E-state index in [0.717, 1.165) is 18.8 Å². The van der Waals surface area contributed by atoms with E-state index in [1.54, 1.807) is 0 Å². The second-order valence-corrected chi connectivity index (χ2v) is 6.30. The molecule has 0 spiro atoms. The molecule has 0 aromatic heterocycles. The summed E-state index contributed by atoms with van der Waals surface area (Å²) in [5.74, 6) is 0.959. The highest BCUT2D eigenvalue weighted by atomic mass is 79.9. The molecule has 0 saturated carbocycles. The average Bonchev–Trinajstić information content (AvgIpc) is 2.39. The van der Waals surface area contributed by atoms with Gasteiger partial charge in [0.05, 0.1) is 0 Å². The molecule has 102 valence electrons. The molecule has 0 bridgehead atoms. The van der Waals surface area contributed by atoms with Crippen LogP contribution in [-0.2, 0) is 6.54 Å². The van der Waals surface area contributed by atoms with Gasteiger partial charge in [0.15, 0.2) is 0 Å². The van der Waals surface area contributed by atoms with Crippen LogP contribution in [0.4, 0.5) is 0 Å². The minimum Gasteiger partial charge on any atom is -0.301 e. The molecule has 1 aromatic carbocycles. The summed E-state index contributed by atoms with van der Waals surface area (Å²) < 4.78 is 1.20. The zero-order valence-corrected chi connectivity index (χ0v) is 14.1. The lowest BCUT2D eigenvalue weighted by atomic mass is 9.84.